The zero-order valence-electron chi connectivity index (χ0n) is 19.8. The van der Waals surface area contributed by atoms with Crippen LogP contribution in [0, 0.1) is 12.8 Å². The van der Waals surface area contributed by atoms with Crippen molar-refractivity contribution in [1.29, 1.82) is 0 Å². The normalized spacial score (nSPS) is 18.8. The molecular formula is C24H36N6OS. The number of nitrogens with zero attached hydrogens (tertiary/aromatic N) is 5. The van der Waals surface area contributed by atoms with Gasteiger partial charge in [0.05, 0.1) is 0 Å². The summed E-state index contributed by atoms with van der Waals surface area (Å²) < 4.78 is 4.44. The summed E-state index contributed by atoms with van der Waals surface area (Å²) in [5.74, 6) is 1.76. The summed E-state index contributed by atoms with van der Waals surface area (Å²) in [6.07, 6.45) is 4.32. The predicted octanol–water partition coefficient (Wildman–Crippen LogP) is 3.15. The van der Waals surface area contributed by atoms with E-state index < -0.39 is 0 Å². The third kappa shape index (κ3) is 5.30. The molecule has 0 bridgehead atoms. The van der Waals surface area contributed by atoms with Gasteiger partial charge in [-0.2, -0.15) is 0 Å². The molecule has 2 aliphatic rings. The quantitative estimate of drug-likeness (QED) is 0.674. The van der Waals surface area contributed by atoms with Crippen LogP contribution in [0.5, 0.6) is 0 Å². The molecule has 0 aromatic carbocycles. The van der Waals surface area contributed by atoms with Gasteiger partial charge in [0.1, 0.15) is 11.5 Å². The molecule has 4 rings (SSSR count). The molecule has 0 saturated carbocycles. The lowest BCUT2D eigenvalue weighted by Crippen LogP contribution is -2.45. The van der Waals surface area contributed by atoms with E-state index in [-0.39, 0.29) is 5.91 Å². The maximum atomic E-state index is 13.1. The number of anilines is 1. The second-order valence-corrected chi connectivity index (χ2v) is 10.3. The number of likely N-dealkylation sites (N-methyl/N-ethyl adjacent to an activating group) is 1. The second kappa shape index (κ2) is 10.3. The lowest BCUT2D eigenvalue weighted by Gasteiger charge is -2.34. The second-order valence-electron chi connectivity index (χ2n) is 9.20. The Bertz CT molecular complexity index is 929. The zero-order valence-corrected chi connectivity index (χ0v) is 20.6. The number of carbonyl (C=O) groups is 1. The molecule has 2 saturated heterocycles. The van der Waals surface area contributed by atoms with Crippen molar-refractivity contribution in [1.82, 2.24) is 24.1 Å². The zero-order chi connectivity index (χ0) is 22.7. The van der Waals surface area contributed by atoms with E-state index in [2.05, 4.69) is 51.4 Å². The Hall–Kier alpha value is -2.03. The Labute approximate surface area is 196 Å². The number of aromatic nitrogens is 2. The Kier molecular flexibility index (Phi) is 7.43. The third-order valence-electron chi connectivity index (χ3n) is 6.80. The van der Waals surface area contributed by atoms with Gasteiger partial charge >= 0.3 is 0 Å². The highest BCUT2D eigenvalue weighted by Crippen LogP contribution is 2.32. The number of amides is 1. The van der Waals surface area contributed by atoms with Crippen LogP contribution in [0.2, 0.25) is 0 Å². The topological polar surface area (TPSA) is 56.6 Å². The molecule has 2 fully saturated rings. The SMILES string of the molecule is Cc1c(SN2CCC(C)CC2)cc(C(=O)NCc2cccnc2N2CCN(C)CC2)n1C. The molecule has 2 aromatic rings. The number of nitrogens with one attached hydrogen (secondary N) is 1. The number of pyridine rings is 1. The summed E-state index contributed by atoms with van der Waals surface area (Å²) in [4.78, 5) is 23.5. The summed E-state index contributed by atoms with van der Waals surface area (Å²) in [6, 6.07) is 6.05. The van der Waals surface area contributed by atoms with Crippen LogP contribution in [0.4, 0.5) is 5.82 Å². The van der Waals surface area contributed by atoms with Gasteiger partial charge in [-0.15, -0.1) is 0 Å². The number of rotatable bonds is 6. The Morgan fingerprint density at radius 2 is 1.88 bits per heavy atom. The monoisotopic (exact) mass is 456 g/mol. The van der Waals surface area contributed by atoms with E-state index in [4.69, 9.17) is 0 Å². The standard InChI is InChI=1S/C24H36N6OS/c1-18-7-10-30(11-8-18)32-22-16-21(28(4)19(22)2)24(31)26-17-20-6-5-9-25-23(20)29-14-12-27(3)13-15-29/h5-6,9,16,18H,7-8,10-15,17H2,1-4H3,(H,26,31). The van der Waals surface area contributed by atoms with E-state index in [9.17, 15) is 4.79 Å². The van der Waals surface area contributed by atoms with Crippen LogP contribution in [0.15, 0.2) is 29.3 Å². The molecule has 1 amide bonds. The van der Waals surface area contributed by atoms with Crippen LogP contribution in [0.25, 0.3) is 0 Å². The Balaban J connectivity index is 1.41. The van der Waals surface area contributed by atoms with E-state index in [0.29, 0.717) is 12.2 Å². The molecule has 8 heteroatoms. The minimum atomic E-state index is -0.0390. The Morgan fingerprint density at radius 3 is 2.59 bits per heavy atom. The molecule has 32 heavy (non-hydrogen) atoms. The molecule has 0 spiro atoms. The summed E-state index contributed by atoms with van der Waals surface area (Å²) in [5, 5.41) is 3.13. The average Bonchev–Trinajstić information content (AvgIpc) is 3.08. The van der Waals surface area contributed by atoms with Gasteiger partial charge < -0.3 is 19.7 Å². The number of piperidine rings is 1. The van der Waals surface area contributed by atoms with E-state index in [1.54, 1.807) is 11.9 Å². The van der Waals surface area contributed by atoms with Gasteiger partial charge in [0, 0.05) is 75.2 Å². The molecule has 4 heterocycles. The van der Waals surface area contributed by atoms with E-state index in [0.717, 1.165) is 62.3 Å². The van der Waals surface area contributed by atoms with Crippen molar-refractivity contribution in [2.24, 2.45) is 13.0 Å². The number of carbonyl (C=O) groups excluding carboxylic acids is 1. The fraction of sp³-hybridized carbons (Fsp3) is 0.583. The molecular weight excluding hydrogens is 420 g/mol. The third-order valence-corrected chi connectivity index (χ3v) is 8.03. The molecule has 0 unspecified atom stereocenters. The number of hydrogen-bond acceptors (Lipinski definition) is 6. The molecule has 174 valence electrons. The van der Waals surface area contributed by atoms with Crippen molar-refractivity contribution in [3.05, 3.63) is 41.3 Å². The number of hydrogen-bond donors (Lipinski definition) is 1. The first kappa shape index (κ1) is 23.1. The minimum Gasteiger partial charge on any atom is -0.354 e. The molecule has 2 aromatic heterocycles. The molecule has 0 radical (unpaired) electrons. The summed E-state index contributed by atoms with van der Waals surface area (Å²) >= 11 is 1.79. The predicted molar refractivity (Wildman–Crippen MR) is 131 cm³/mol. The fourth-order valence-electron chi connectivity index (χ4n) is 4.33. The first-order valence-corrected chi connectivity index (χ1v) is 12.4. The van der Waals surface area contributed by atoms with Crippen molar-refractivity contribution in [2.45, 2.75) is 38.1 Å². The van der Waals surface area contributed by atoms with E-state index in [1.807, 2.05) is 29.9 Å². The van der Waals surface area contributed by atoms with Crippen LogP contribution in [0.1, 0.15) is 41.5 Å². The summed E-state index contributed by atoms with van der Waals surface area (Å²) in [5.41, 5.74) is 2.91. The molecule has 7 nitrogen and oxygen atoms in total. The largest absolute Gasteiger partial charge is 0.354 e. The summed E-state index contributed by atoms with van der Waals surface area (Å²) in [7, 11) is 4.13. The van der Waals surface area contributed by atoms with Gasteiger partial charge in [-0.05, 0) is 56.8 Å². The molecule has 2 aliphatic heterocycles. The van der Waals surface area contributed by atoms with Gasteiger partial charge in [-0.1, -0.05) is 13.0 Å². The van der Waals surface area contributed by atoms with Crippen LogP contribution in [-0.2, 0) is 13.6 Å². The van der Waals surface area contributed by atoms with Gasteiger partial charge in [-0.3, -0.25) is 4.79 Å². The van der Waals surface area contributed by atoms with Crippen LogP contribution >= 0.6 is 11.9 Å². The van der Waals surface area contributed by atoms with Crippen LogP contribution in [0.3, 0.4) is 0 Å². The highest BCUT2D eigenvalue weighted by atomic mass is 32.2. The van der Waals surface area contributed by atoms with Crippen LogP contribution in [-0.4, -0.2) is 71.0 Å². The fourth-order valence-corrected chi connectivity index (χ4v) is 5.44. The van der Waals surface area contributed by atoms with Gasteiger partial charge in [0.2, 0.25) is 0 Å². The Morgan fingerprint density at radius 1 is 1.16 bits per heavy atom. The van der Waals surface area contributed by atoms with Crippen molar-refractivity contribution < 1.29 is 4.79 Å². The average molecular weight is 457 g/mol. The van der Waals surface area contributed by atoms with Crippen molar-refractivity contribution in [3.63, 3.8) is 0 Å². The lowest BCUT2D eigenvalue weighted by molar-refractivity contribution is 0.0942. The van der Waals surface area contributed by atoms with Gasteiger partial charge in [0.25, 0.3) is 5.91 Å². The number of piperazine rings is 1. The van der Waals surface area contributed by atoms with Crippen molar-refractivity contribution >= 4 is 23.7 Å². The highest BCUT2D eigenvalue weighted by Gasteiger charge is 2.22. The molecule has 0 aliphatic carbocycles. The molecule has 0 atom stereocenters. The molecule has 1 N–H and O–H groups in total. The first-order chi connectivity index (χ1) is 15.4. The highest BCUT2D eigenvalue weighted by molar-refractivity contribution is 7.97. The smallest absolute Gasteiger partial charge is 0.268 e. The van der Waals surface area contributed by atoms with Crippen molar-refractivity contribution in [2.75, 3.05) is 51.2 Å². The van der Waals surface area contributed by atoms with Crippen LogP contribution < -0.4 is 10.2 Å². The minimum absolute atomic E-state index is 0.0390. The maximum Gasteiger partial charge on any atom is 0.268 e. The summed E-state index contributed by atoms with van der Waals surface area (Å²) in [6.45, 7) is 11.1. The van der Waals surface area contributed by atoms with Gasteiger partial charge in [-0.25, -0.2) is 9.29 Å². The first-order valence-electron chi connectivity index (χ1n) is 11.7. The van der Waals surface area contributed by atoms with Gasteiger partial charge in [0.15, 0.2) is 0 Å². The van der Waals surface area contributed by atoms with E-state index in [1.165, 1.54) is 17.7 Å². The van der Waals surface area contributed by atoms with Crippen molar-refractivity contribution in [3.8, 4) is 0 Å². The maximum absolute atomic E-state index is 13.1. The lowest BCUT2D eigenvalue weighted by atomic mass is 10.0. The van der Waals surface area contributed by atoms with E-state index >= 15 is 0 Å².